The Balaban J connectivity index is 2.08. The zero-order chi connectivity index (χ0) is 13.8. The number of rotatable bonds is 5. The highest BCUT2D eigenvalue weighted by atomic mass is 79.9. The summed E-state index contributed by atoms with van der Waals surface area (Å²) in [5, 5.41) is 2.11. The molecule has 0 radical (unpaired) electrons. The van der Waals surface area contributed by atoms with Gasteiger partial charge in [-0.1, -0.05) is 29.8 Å². The average Bonchev–Trinajstić information content (AvgIpc) is 2.80. The second-order valence-electron chi connectivity index (χ2n) is 4.82. The summed E-state index contributed by atoms with van der Waals surface area (Å²) in [6, 6.07) is 11.1. The van der Waals surface area contributed by atoms with E-state index in [1.54, 1.807) is 11.3 Å². The Morgan fingerprint density at radius 1 is 1.32 bits per heavy atom. The second kappa shape index (κ2) is 6.66. The molecule has 0 amide bonds. The van der Waals surface area contributed by atoms with Gasteiger partial charge in [-0.3, -0.25) is 4.90 Å². The van der Waals surface area contributed by atoms with Crippen LogP contribution in [0.1, 0.15) is 22.0 Å². The molecule has 0 aliphatic carbocycles. The highest BCUT2D eigenvalue weighted by Crippen LogP contribution is 2.29. The average molecular weight is 339 g/mol. The summed E-state index contributed by atoms with van der Waals surface area (Å²) in [4.78, 5) is 3.62. The maximum atomic E-state index is 5.94. The summed E-state index contributed by atoms with van der Waals surface area (Å²) in [5.74, 6) is 0. The molecule has 2 nitrogen and oxygen atoms in total. The van der Waals surface area contributed by atoms with Crippen molar-refractivity contribution in [3.05, 3.63) is 56.2 Å². The number of benzene rings is 1. The molecule has 1 heterocycles. The zero-order valence-corrected chi connectivity index (χ0v) is 13.7. The van der Waals surface area contributed by atoms with Gasteiger partial charge >= 0.3 is 0 Å². The number of nitrogens with zero attached hydrogens (tertiary/aromatic N) is 1. The predicted octanol–water partition coefficient (Wildman–Crippen LogP) is 3.95. The lowest BCUT2D eigenvalue weighted by Crippen LogP contribution is -2.29. The summed E-state index contributed by atoms with van der Waals surface area (Å²) < 4.78 is 1.13. The first-order chi connectivity index (χ1) is 9.10. The minimum atomic E-state index is 0.276. The highest BCUT2D eigenvalue weighted by Gasteiger charge is 2.17. The van der Waals surface area contributed by atoms with Crippen molar-refractivity contribution in [1.82, 2.24) is 4.90 Å². The first-order valence-corrected chi connectivity index (χ1v) is 7.97. The summed E-state index contributed by atoms with van der Waals surface area (Å²) >= 11 is 5.26. The number of halogens is 1. The monoisotopic (exact) mass is 338 g/mol. The number of hydrogen-bond acceptors (Lipinski definition) is 3. The van der Waals surface area contributed by atoms with Crippen LogP contribution in [0.15, 0.2) is 40.2 Å². The fraction of sp³-hybridized carbons (Fsp3) is 0.333. The largest absolute Gasteiger partial charge is 0.329 e. The van der Waals surface area contributed by atoms with Crippen molar-refractivity contribution in [1.29, 1.82) is 0 Å². The van der Waals surface area contributed by atoms with Gasteiger partial charge in [0.2, 0.25) is 0 Å². The van der Waals surface area contributed by atoms with Gasteiger partial charge in [-0.2, -0.15) is 0 Å². The van der Waals surface area contributed by atoms with Crippen molar-refractivity contribution in [2.24, 2.45) is 5.73 Å². The maximum absolute atomic E-state index is 5.94. The molecular formula is C15H19BrN2S. The van der Waals surface area contributed by atoms with Gasteiger partial charge in [-0.15, -0.1) is 11.3 Å². The number of likely N-dealkylation sites (N-methyl/N-ethyl adjacent to an activating group) is 1. The van der Waals surface area contributed by atoms with E-state index in [0.717, 1.165) is 11.0 Å². The molecule has 19 heavy (non-hydrogen) atoms. The lowest BCUT2D eigenvalue weighted by Gasteiger charge is -2.26. The van der Waals surface area contributed by atoms with Gasteiger partial charge in [0, 0.05) is 27.8 Å². The third-order valence-corrected chi connectivity index (χ3v) is 5.02. The molecule has 1 aromatic heterocycles. The van der Waals surface area contributed by atoms with Gasteiger partial charge in [0.1, 0.15) is 0 Å². The molecule has 2 N–H and O–H groups in total. The molecule has 2 rings (SSSR count). The van der Waals surface area contributed by atoms with Crippen LogP contribution in [0.4, 0.5) is 0 Å². The highest BCUT2D eigenvalue weighted by molar-refractivity contribution is 9.10. The normalized spacial score (nSPS) is 12.9. The number of nitrogens with two attached hydrogens (primary N) is 1. The number of thiophene rings is 1. The number of hydrogen-bond donors (Lipinski definition) is 1. The first-order valence-electron chi connectivity index (χ1n) is 6.30. The molecule has 0 fully saturated rings. The van der Waals surface area contributed by atoms with E-state index in [4.69, 9.17) is 5.73 Å². The SMILES string of the molecule is Cc1ccc(CN(C)C(CN)c2cc(Br)cs2)cc1. The standard InChI is InChI=1S/C15H19BrN2S/c1-11-3-5-12(6-4-11)9-18(2)14(8-17)15-7-13(16)10-19-15/h3-7,10,14H,8-9,17H2,1-2H3. The van der Waals surface area contributed by atoms with Gasteiger partial charge in [0.25, 0.3) is 0 Å². The van der Waals surface area contributed by atoms with Crippen LogP contribution in [-0.2, 0) is 6.54 Å². The Bertz CT molecular complexity index is 521. The Kier molecular flexibility index (Phi) is 5.16. The Labute approximate surface area is 127 Å². The molecule has 1 unspecified atom stereocenters. The minimum absolute atomic E-state index is 0.276. The van der Waals surface area contributed by atoms with Crippen molar-refractivity contribution < 1.29 is 0 Å². The summed E-state index contributed by atoms with van der Waals surface area (Å²) in [7, 11) is 2.13. The van der Waals surface area contributed by atoms with Crippen LogP contribution in [-0.4, -0.2) is 18.5 Å². The molecule has 0 saturated heterocycles. The smallest absolute Gasteiger partial charge is 0.0565 e. The Morgan fingerprint density at radius 3 is 2.53 bits per heavy atom. The third-order valence-electron chi connectivity index (χ3n) is 3.22. The van der Waals surface area contributed by atoms with Gasteiger partial charge < -0.3 is 5.73 Å². The van der Waals surface area contributed by atoms with E-state index in [2.05, 4.69) is 70.5 Å². The van der Waals surface area contributed by atoms with Gasteiger partial charge in [0.05, 0.1) is 6.04 Å². The molecule has 102 valence electrons. The van der Waals surface area contributed by atoms with Crippen LogP contribution in [0.3, 0.4) is 0 Å². The van der Waals surface area contributed by atoms with Crippen molar-refractivity contribution in [3.63, 3.8) is 0 Å². The maximum Gasteiger partial charge on any atom is 0.0565 e. The quantitative estimate of drug-likeness (QED) is 0.894. The molecule has 4 heteroatoms. The lowest BCUT2D eigenvalue weighted by molar-refractivity contribution is 0.245. The lowest BCUT2D eigenvalue weighted by atomic mass is 10.1. The fourth-order valence-electron chi connectivity index (χ4n) is 2.11. The molecule has 2 aromatic rings. The summed E-state index contributed by atoms with van der Waals surface area (Å²) in [6.07, 6.45) is 0. The van der Waals surface area contributed by atoms with Gasteiger partial charge in [0.15, 0.2) is 0 Å². The van der Waals surface area contributed by atoms with E-state index in [9.17, 15) is 0 Å². The topological polar surface area (TPSA) is 29.3 Å². The van der Waals surface area contributed by atoms with E-state index in [-0.39, 0.29) is 6.04 Å². The van der Waals surface area contributed by atoms with Crippen molar-refractivity contribution in [2.75, 3.05) is 13.6 Å². The molecule has 0 aliphatic heterocycles. The van der Waals surface area contributed by atoms with E-state index in [1.807, 2.05) is 0 Å². The minimum Gasteiger partial charge on any atom is -0.329 e. The van der Waals surface area contributed by atoms with Crippen molar-refractivity contribution in [2.45, 2.75) is 19.5 Å². The second-order valence-corrected chi connectivity index (χ2v) is 6.68. The predicted molar refractivity (Wildman–Crippen MR) is 86.5 cm³/mol. The van der Waals surface area contributed by atoms with Crippen molar-refractivity contribution >= 4 is 27.3 Å². The first kappa shape index (κ1) is 14.7. The Hall–Kier alpha value is -0.680. The van der Waals surface area contributed by atoms with E-state index in [0.29, 0.717) is 6.54 Å². The van der Waals surface area contributed by atoms with E-state index >= 15 is 0 Å². The van der Waals surface area contributed by atoms with Crippen LogP contribution in [0.25, 0.3) is 0 Å². The molecule has 0 saturated carbocycles. The molecule has 0 aliphatic rings. The van der Waals surface area contributed by atoms with Gasteiger partial charge in [-0.25, -0.2) is 0 Å². The fourth-order valence-corrected chi connectivity index (χ4v) is 3.73. The molecule has 1 atom stereocenters. The molecule has 0 spiro atoms. The zero-order valence-electron chi connectivity index (χ0n) is 11.3. The molecule has 1 aromatic carbocycles. The van der Waals surface area contributed by atoms with E-state index in [1.165, 1.54) is 16.0 Å². The van der Waals surface area contributed by atoms with E-state index < -0.39 is 0 Å². The van der Waals surface area contributed by atoms with Gasteiger partial charge in [-0.05, 0) is 41.5 Å². The van der Waals surface area contributed by atoms with Crippen LogP contribution < -0.4 is 5.73 Å². The summed E-state index contributed by atoms with van der Waals surface area (Å²) in [6.45, 7) is 3.66. The number of aryl methyl sites for hydroxylation is 1. The van der Waals surface area contributed by atoms with Crippen LogP contribution in [0.2, 0.25) is 0 Å². The third kappa shape index (κ3) is 3.89. The van der Waals surface area contributed by atoms with Crippen LogP contribution >= 0.6 is 27.3 Å². The molecular weight excluding hydrogens is 320 g/mol. The molecule has 0 bridgehead atoms. The Morgan fingerprint density at radius 2 is 2.00 bits per heavy atom. The van der Waals surface area contributed by atoms with Crippen LogP contribution in [0, 0.1) is 6.92 Å². The van der Waals surface area contributed by atoms with Crippen molar-refractivity contribution in [3.8, 4) is 0 Å². The summed E-state index contributed by atoms with van der Waals surface area (Å²) in [5.41, 5.74) is 8.56. The van der Waals surface area contributed by atoms with Crippen LogP contribution in [0.5, 0.6) is 0 Å².